The van der Waals surface area contributed by atoms with Crippen molar-refractivity contribution in [1.29, 1.82) is 0 Å². The Morgan fingerprint density at radius 2 is 2.36 bits per heavy atom. The highest BCUT2D eigenvalue weighted by Gasteiger charge is 2.21. The number of ether oxygens (including phenoxy) is 1. The molecule has 0 aromatic rings. The van der Waals surface area contributed by atoms with Gasteiger partial charge in [0.25, 0.3) is 0 Å². The molecule has 2 heteroatoms. The van der Waals surface area contributed by atoms with Crippen LogP contribution < -0.4 is 0 Å². The summed E-state index contributed by atoms with van der Waals surface area (Å²) in [4.78, 5) is 2.15. The number of nitrogens with zero attached hydrogens (tertiary/aromatic N) is 1. The van der Waals surface area contributed by atoms with Crippen molar-refractivity contribution < 1.29 is 4.74 Å². The molecule has 0 amide bonds. The van der Waals surface area contributed by atoms with E-state index in [-0.39, 0.29) is 0 Å². The van der Waals surface area contributed by atoms with Crippen molar-refractivity contribution in [2.24, 2.45) is 5.92 Å². The van der Waals surface area contributed by atoms with Gasteiger partial charge in [-0.15, -0.1) is 0 Å². The van der Waals surface area contributed by atoms with Crippen LogP contribution in [0.1, 0.15) is 20.3 Å². The molecule has 0 aliphatic carbocycles. The summed E-state index contributed by atoms with van der Waals surface area (Å²) in [5.41, 5.74) is 0. The van der Waals surface area contributed by atoms with E-state index in [2.05, 4.69) is 18.9 Å². The summed E-state index contributed by atoms with van der Waals surface area (Å²) in [6.45, 7) is 7.09. The van der Waals surface area contributed by atoms with Crippen LogP contribution in [0.3, 0.4) is 0 Å². The van der Waals surface area contributed by atoms with Gasteiger partial charge in [-0.2, -0.15) is 0 Å². The van der Waals surface area contributed by atoms with Crippen molar-refractivity contribution in [3.63, 3.8) is 0 Å². The first-order valence-corrected chi connectivity index (χ1v) is 4.39. The summed E-state index contributed by atoms with van der Waals surface area (Å²) < 4.78 is 5.35. The van der Waals surface area contributed by atoms with Gasteiger partial charge in [0.2, 0.25) is 0 Å². The largest absolute Gasteiger partial charge is 0.454 e. The number of hydrogen-bond acceptors (Lipinski definition) is 2. The molecule has 0 bridgehead atoms. The molecule has 0 aromatic carbocycles. The van der Waals surface area contributed by atoms with E-state index in [1.165, 1.54) is 6.42 Å². The van der Waals surface area contributed by atoms with Crippen LogP contribution in [-0.4, -0.2) is 30.7 Å². The van der Waals surface area contributed by atoms with E-state index in [1.54, 1.807) is 0 Å². The van der Waals surface area contributed by atoms with Gasteiger partial charge in [-0.05, 0) is 25.8 Å². The fourth-order valence-electron chi connectivity index (χ4n) is 1.66. The lowest BCUT2D eigenvalue weighted by atomic mass is 10.1. The van der Waals surface area contributed by atoms with Crippen LogP contribution >= 0.6 is 0 Å². The molecule has 0 radical (unpaired) electrons. The third-order valence-electron chi connectivity index (χ3n) is 2.25. The van der Waals surface area contributed by atoms with Gasteiger partial charge in [0.05, 0.1) is 6.61 Å². The van der Waals surface area contributed by atoms with Crippen LogP contribution in [0.2, 0.25) is 0 Å². The highest BCUT2D eigenvalue weighted by atomic mass is 16.5. The van der Waals surface area contributed by atoms with E-state index in [9.17, 15) is 0 Å². The Kier molecular flexibility index (Phi) is 3.34. The predicted molar refractivity (Wildman–Crippen MR) is 46.1 cm³/mol. The number of rotatable bonds is 3. The van der Waals surface area contributed by atoms with Gasteiger partial charge in [-0.1, -0.05) is 6.92 Å². The molecule has 1 fully saturated rings. The Morgan fingerprint density at radius 3 is 2.82 bits per heavy atom. The smallest absolute Gasteiger partial charge is 0.0597 e. The molecular formula is C9H18NO-. The molecule has 1 heterocycles. The normalized spacial score (nSPS) is 33.0. The van der Waals surface area contributed by atoms with E-state index < -0.39 is 0 Å². The molecule has 0 saturated carbocycles. The average Bonchev–Trinajstić information content (AvgIpc) is 2.26. The zero-order chi connectivity index (χ0) is 8.27. The molecule has 1 aliphatic rings. The van der Waals surface area contributed by atoms with E-state index in [0.717, 1.165) is 25.7 Å². The topological polar surface area (TPSA) is 12.5 Å². The van der Waals surface area contributed by atoms with Crippen LogP contribution in [0.4, 0.5) is 0 Å². The molecule has 1 saturated heterocycles. The molecule has 0 unspecified atom stereocenters. The first kappa shape index (κ1) is 9.01. The van der Waals surface area contributed by atoms with Crippen molar-refractivity contribution in [1.82, 2.24) is 4.90 Å². The van der Waals surface area contributed by atoms with Gasteiger partial charge in [-0.25, -0.2) is 0 Å². The standard InChI is InChI=1S/C9H18NO/c1-4-11-7-9-5-8(2)6-10(9)3/h8-9H,3-7H2,1-2H3/q-1/t8-,9-/m0/s1. The Bertz CT molecular complexity index is 116. The minimum atomic E-state index is 0.560. The number of hydrogen-bond donors (Lipinski definition) is 0. The van der Waals surface area contributed by atoms with Gasteiger partial charge in [0, 0.05) is 12.6 Å². The molecular weight excluding hydrogens is 138 g/mol. The summed E-state index contributed by atoms with van der Waals surface area (Å²) in [6.07, 6.45) is 1.24. The summed E-state index contributed by atoms with van der Waals surface area (Å²) in [6, 6.07) is 0.560. The molecule has 0 N–H and O–H groups in total. The summed E-state index contributed by atoms with van der Waals surface area (Å²) >= 11 is 0. The molecule has 2 nitrogen and oxygen atoms in total. The maximum Gasteiger partial charge on any atom is 0.0597 e. The van der Waals surface area contributed by atoms with Gasteiger partial charge >= 0.3 is 0 Å². The van der Waals surface area contributed by atoms with Crippen molar-refractivity contribution in [2.45, 2.75) is 26.3 Å². The van der Waals surface area contributed by atoms with Gasteiger partial charge < -0.3 is 9.64 Å². The quantitative estimate of drug-likeness (QED) is 0.574. The Morgan fingerprint density at radius 1 is 1.64 bits per heavy atom. The summed E-state index contributed by atoms with van der Waals surface area (Å²) in [5, 5.41) is 0. The van der Waals surface area contributed by atoms with Crippen molar-refractivity contribution in [2.75, 3.05) is 19.8 Å². The first-order chi connectivity index (χ1) is 5.24. The maximum atomic E-state index is 5.35. The Hall–Kier alpha value is -0.0800. The fourth-order valence-corrected chi connectivity index (χ4v) is 1.66. The van der Waals surface area contributed by atoms with Crippen LogP contribution in [-0.2, 0) is 4.74 Å². The predicted octanol–water partition coefficient (Wildman–Crippen LogP) is 1.52. The van der Waals surface area contributed by atoms with E-state index in [1.807, 2.05) is 6.92 Å². The molecule has 1 aliphatic heterocycles. The fraction of sp³-hybridized carbons (Fsp3) is 0.889. The highest BCUT2D eigenvalue weighted by Crippen LogP contribution is 2.21. The lowest BCUT2D eigenvalue weighted by molar-refractivity contribution is 0.100. The van der Waals surface area contributed by atoms with Gasteiger partial charge in [-0.3, -0.25) is 7.05 Å². The van der Waals surface area contributed by atoms with Crippen LogP contribution in [0.5, 0.6) is 0 Å². The molecule has 0 spiro atoms. The number of likely N-dealkylation sites (tertiary alicyclic amines) is 1. The minimum absolute atomic E-state index is 0.560. The molecule has 0 aromatic heterocycles. The van der Waals surface area contributed by atoms with E-state index in [0.29, 0.717) is 6.04 Å². The Balaban J connectivity index is 2.23. The second-order valence-electron chi connectivity index (χ2n) is 3.43. The zero-order valence-corrected chi connectivity index (χ0v) is 7.55. The second kappa shape index (κ2) is 4.07. The average molecular weight is 156 g/mol. The maximum absolute atomic E-state index is 5.35. The molecule has 1 rings (SSSR count). The van der Waals surface area contributed by atoms with E-state index >= 15 is 0 Å². The second-order valence-corrected chi connectivity index (χ2v) is 3.43. The SMILES string of the molecule is [CH2-]N1C[C@@H](C)C[C@H]1COCC. The Labute approximate surface area is 69.5 Å². The van der Waals surface area contributed by atoms with Crippen molar-refractivity contribution >= 4 is 0 Å². The van der Waals surface area contributed by atoms with Crippen LogP contribution in [0.25, 0.3) is 0 Å². The van der Waals surface area contributed by atoms with Gasteiger partial charge in [0.1, 0.15) is 0 Å². The van der Waals surface area contributed by atoms with Crippen molar-refractivity contribution in [3.05, 3.63) is 7.05 Å². The van der Waals surface area contributed by atoms with Gasteiger partial charge in [0.15, 0.2) is 0 Å². The summed E-state index contributed by atoms with van der Waals surface area (Å²) in [7, 11) is 3.98. The highest BCUT2D eigenvalue weighted by molar-refractivity contribution is 4.82. The molecule has 2 atom stereocenters. The monoisotopic (exact) mass is 156 g/mol. The van der Waals surface area contributed by atoms with Crippen LogP contribution in [0, 0.1) is 13.0 Å². The zero-order valence-electron chi connectivity index (χ0n) is 7.55. The third kappa shape index (κ3) is 2.46. The van der Waals surface area contributed by atoms with Crippen molar-refractivity contribution in [3.8, 4) is 0 Å². The lowest BCUT2D eigenvalue weighted by Gasteiger charge is -2.26. The molecule has 11 heavy (non-hydrogen) atoms. The van der Waals surface area contributed by atoms with E-state index in [4.69, 9.17) is 4.74 Å². The third-order valence-corrected chi connectivity index (χ3v) is 2.25. The minimum Gasteiger partial charge on any atom is -0.454 e. The molecule has 66 valence electrons. The summed E-state index contributed by atoms with van der Waals surface area (Å²) in [5.74, 6) is 0.790. The first-order valence-electron chi connectivity index (χ1n) is 4.39. The lowest BCUT2D eigenvalue weighted by Crippen LogP contribution is -2.27. The van der Waals surface area contributed by atoms with Crippen LogP contribution in [0.15, 0.2) is 0 Å².